The molecule has 1 fully saturated rings. The highest BCUT2D eigenvalue weighted by Gasteiger charge is 2.09. The first-order valence-corrected chi connectivity index (χ1v) is 5.16. The monoisotopic (exact) mass is 223 g/mol. The summed E-state index contributed by atoms with van der Waals surface area (Å²) in [6.07, 6.45) is 3.50. The Bertz CT molecular complexity index is 260. The van der Waals surface area contributed by atoms with Gasteiger partial charge in [-0.2, -0.15) is 0 Å². The molecule has 0 radical (unpaired) electrons. The smallest absolute Gasteiger partial charge is 0.326 e. The summed E-state index contributed by atoms with van der Waals surface area (Å²) in [7, 11) is 0. The van der Waals surface area contributed by atoms with Crippen LogP contribution in [0.1, 0.15) is 0 Å². The lowest BCUT2D eigenvalue weighted by atomic mass is 10.4. The van der Waals surface area contributed by atoms with Gasteiger partial charge in [-0.1, -0.05) is 6.07 Å². The number of nitrogens with zero attached hydrogens (tertiary/aromatic N) is 2. The van der Waals surface area contributed by atoms with E-state index in [9.17, 15) is 4.79 Å². The van der Waals surface area contributed by atoms with Gasteiger partial charge >= 0.3 is 6.03 Å². The summed E-state index contributed by atoms with van der Waals surface area (Å²) in [6, 6.07) is 5.23. The second kappa shape index (κ2) is 7.61. The SMILES string of the molecule is NC(=O)NN1CCNCC1.c1ccncc1. The summed E-state index contributed by atoms with van der Waals surface area (Å²) in [5.74, 6) is 0. The van der Waals surface area contributed by atoms with E-state index in [-0.39, 0.29) is 0 Å². The van der Waals surface area contributed by atoms with Crippen LogP contribution in [0.3, 0.4) is 0 Å². The molecule has 1 aromatic heterocycles. The van der Waals surface area contributed by atoms with Gasteiger partial charge in [-0.3, -0.25) is 10.4 Å². The minimum Gasteiger partial charge on any atom is -0.351 e. The van der Waals surface area contributed by atoms with Gasteiger partial charge < -0.3 is 11.1 Å². The van der Waals surface area contributed by atoms with E-state index in [2.05, 4.69) is 15.7 Å². The van der Waals surface area contributed by atoms with Gasteiger partial charge in [-0.05, 0) is 12.1 Å². The zero-order valence-electron chi connectivity index (χ0n) is 9.10. The lowest BCUT2D eigenvalue weighted by Gasteiger charge is -2.26. The Morgan fingerprint density at radius 2 is 1.88 bits per heavy atom. The lowest BCUT2D eigenvalue weighted by molar-refractivity contribution is 0.167. The second-order valence-corrected chi connectivity index (χ2v) is 3.24. The largest absolute Gasteiger partial charge is 0.351 e. The molecule has 0 unspecified atom stereocenters. The number of nitrogens with one attached hydrogen (secondary N) is 2. The van der Waals surface area contributed by atoms with Crippen molar-refractivity contribution in [1.29, 1.82) is 0 Å². The fourth-order valence-corrected chi connectivity index (χ4v) is 1.25. The van der Waals surface area contributed by atoms with Gasteiger partial charge in [0.2, 0.25) is 0 Å². The average molecular weight is 223 g/mol. The summed E-state index contributed by atoms with van der Waals surface area (Å²) in [4.78, 5) is 14.1. The number of amides is 2. The first-order valence-electron chi connectivity index (χ1n) is 5.16. The molecule has 88 valence electrons. The molecule has 1 aliphatic rings. The van der Waals surface area contributed by atoms with Gasteiger partial charge in [0.25, 0.3) is 0 Å². The normalized spacial score (nSPS) is 15.8. The van der Waals surface area contributed by atoms with Gasteiger partial charge in [0.05, 0.1) is 0 Å². The molecule has 0 saturated carbocycles. The summed E-state index contributed by atoms with van der Waals surface area (Å²) >= 11 is 0. The van der Waals surface area contributed by atoms with Gasteiger partial charge in [-0.15, -0.1) is 0 Å². The molecular weight excluding hydrogens is 206 g/mol. The summed E-state index contributed by atoms with van der Waals surface area (Å²) in [5, 5.41) is 4.96. The number of hydrogen-bond acceptors (Lipinski definition) is 4. The highest BCUT2D eigenvalue weighted by atomic mass is 16.2. The number of hydrazine groups is 1. The third kappa shape index (κ3) is 5.94. The second-order valence-electron chi connectivity index (χ2n) is 3.24. The Balaban J connectivity index is 0.000000181. The Kier molecular flexibility index (Phi) is 5.90. The van der Waals surface area contributed by atoms with E-state index in [1.165, 1.54) is 0 Å². The molecule has 1 aliphatic heterocycles. The number of aromatic nitrogens is 1. The van der Waals surface area contributed by atoms with Crippen molar-refractivity contribution < 1.29 is 4.79 Å². The number of carbonyl (C=O) groups is 1. The third-order valence-electron chi connectivity index (χ3n) is 1.95. The topological polar surface area (TPSA) is 83.3 Å². The Labute approximate surface area is 94.8 Å². The van der Waals surface area contributed by atoms with Crippen LogP contribution in [-0.4, -0.2) is 42.2 Å². The standard InChI is InChI=1S/C5H12N4O.C5H5N/c6-5(10)8-9-3-1-7-2-4-9;1-2-4-6-5-3-1/h7H,1-4H2,(H3,6,8,10);1-5H. The Morgan fingerprint density at radius 1 is 1.25 bits per heavy atom. The fourth-order valence-electron chi connectivity index (χ4n) is 1.25. The van der Waals surface area contributed by atoms with Crippen LogP contribution in [0.4, 0.5) is 4.79 Å². The van der Waals surface area contributed by atoms with Crippen LogP contribution in [0.15, 0.2) is 30.6 Å². The number of rotatable bonds is 1. The van der Waals surface area contributed by atoms with E-state index in [1.807, 2.05) is 18.2 Å². The summed E-state index contributed by atoms with van der Waals surface area (Å²) in [5.41, 5.74) is 7.43. The van der Waals surface area contributed by atoms with Crippen molar-refractivity contribution in [1.82, 2.24) is 20.7 Å². The lowest BCUT2D eigenvalue weighted by Crippen LogP contribution is -2.53. The van der Waals surface area contributed by atoms with E-state index >= 15 is 0 Å². The molecule has 2 amide bonds. The molecule has 1 aromatic rings. The maximum absolute atomic E-state index is 10.3. The predicted molar refractivity (Wildman–Crippen MR) is 61.4 cm³/mol. The minimum atomic E-state index is -0.484. The molecule has 0 atom stereocenters. The third-order valence-corrected chi connectivity index (χ3v) is 1.95. The molecule has 6 heteroatoms. The number of carbonyl (C=O) groups excluding carboxylic acids is 1. The molecular formula is C10H17N5O. The van der Waals surface area contributed by atoms with Crippen molar-refractivity contribution >= 4 is 6.03 Å². The molecule has 4 N–H and O–H groups in total. The zero-order chi connectivity index (χ0) is 11.6. The van der Waals surface area contributed by atoms with Gasteiger partial charge in [0, 0.05) is 38.6 Å². The van der Waals surface area contributed by atoms with Crippen molar-refractivity contribution in [2.45, 2.75) is 0 Å². The van der Waals surface area contributed by atoms with E-state index in [0.29, 0.717) is 0 Å². The van der Waals surface area contributed by atoms with E-state index in [4.69, 9.17) is 5.73 Å². The maximum Gasteiger partial charge on any atom is 0.326 e. The van der Waals surface area contributed by atoms with Crippen LogP contribution in [0.5, 0.6) is 0 Å². The highest BCUT2D eigenvalue weighted by molar-refractivity contribution is 5.70. The van der Waals surface area contributed by atoms with E-state index < -0.39 is 6.03 Å². The average Bonchev–Trinajstić information content (AvgIpc) is 2.32. The van der Waals surface area contributed by atoms with Gasteiger partial charge in [0.1, 0.15) is 0 Å². The fraction of sp³-hybridized carbons (Fsp3) is 0.400. The number of hydrogen-bond donors (Lipinski definition) is 3. The van der Waals surface area contributed by atoms with Crippen molar-refractivity contribution in [3.8, 4) is 0 Å². The van der Waals surface area contributed by atoms with Crippen LogP contribution in [0.25, 0.3) is 0 Å². The van der Waals surface area contributed by atoms with Crippen LogP contribution < -0.4 is 16.5 Å². The summed E-state index contributed by atoms with van der Waals surface area (Å²) < 4.78 is 0. The van der Waals surface area contributed by atoms with Crippen LogP contribution >= 0.6 is 0 Å². The zero-order valence-corrected chi connectivity index (χ0v) is 9.10. The van der Waals surface area contributed by atoms with Gasteiger partial charge in [-0.25, -0.2) is 9.80 Å². The minimum absolute atomic E-state index is 0.484. The molecule has 2 rings (SSSR count). The van der Waals surface area contributed by atoms with Crippen LogP contribution in [0.2, 0.25) is 0 Å². The molecule has 0 aliphatic carbocycles. The Morgan fingerprint density at radius 3 is 2.25 bits per heavy atom. The van der Waals surface area contributed by atoms with Crippen molar-refractivity contribution in [2.75, 3.05) is 26.2 Å². The molecule has 1 saturated heterocycles. The predicted octanol–water partition coefficient (Wildman–Crippen LogP) is -0.443. The van der Waals surface area contributed by atoms with Crippen molar-refractivity contribution in [2.24, 2.45) is 5.73 Å². The van der Waals surface area contributed by atoms with Crippen molar-refractivity contribution in [3.05, 3.63) is 30.6 Å². The van der Waals surface area contributed by atoms with Crippen LogP contribution in [0, 0.1) is 0 Å². The highest BCUT2D eigenvalue weighted by Crippen LogP contribution is 1.84. The van der Waals surface area contributed by atoms with E-state index in [0.717, 1.165) is 26.2 Å². The van der Waals surface area contributed by atoms with Gasteiger partial charge in [0.15, 0.2) is 0 Å². The maximum atomic E-state index is 10.3. The first kappa shape index (κ1) is 12.4. The number of urea groups is 1. The number of piperazine rings is 1. The Hall–Kier alpha value is -1.66. The number of primary amides is 1. The van der Waals surface area contributed by atoms with Crippen LogP contribution in [-0.2, 0) is 0 Å². The number of pyridine rings is 1. The molecule has 2 heterocycles. The molecule has 0 bridgehead atoms. The molecule has 6 nitrogen and oxygen atoms in total. The molecule has 0 aromatic carbocycles. The quantitative estimate of drug-likeness (QED) is 0.602. The van der Waals surface area contributed by atoms with Crippen molar-refractivity contribution in [3.63, 3.8) is 0 Å². The molecule has 0 spiro atoms. The first-order chi connectivity index (χ1) is 7.79. The summed E-state index contributed by atoms with van der Waals surface area (Å²) in [6.45, 7) is 3.45. The molecule has 16 heavy (non-hydrogen) atoms. The van der Waals surface area contributed by atoms with E-state index in [1.54, 1.807) is 17.4 Å². The number of nitrogens with two attached hydrogens (primary N) is 1.